The van der Waals surface area contributed by atoms with E-state index in [4.69, 9.17) is 4.74 Å². The molecule has 0 atom stereocenters. The monoisotopic (exact) mass is 265 g/mol. The molecule has 0 aliphatic heterocycles. The highest BCUT2D eigenvalue weighted by Gasteiger charge is 2.19. The molecule has 2 nitrogen and oxygen atoms in total. The van der Waals surface area contributed by atoms with Gasteiger partial charge in [-0.15, -0.1) is 0 Å². The summed E-state index contributed by atoms with van der Waals surface area (Å²) in [5.41, 5.74) is 1.26. The third-order valence-electron chi connectivity index (χ3n) is 3.78. The van der Waals surface area contributed by atoms with Crippen LogP contribution < -0.4 is 10.1 Å². The Balaban J connectivity index is 1.81. The second-order valence-electron chi connectivity index (χ2n) is 4.90. The van der Waals surface area contributed by atoms with Gasteiger partial charge in [0.15, 0.2) is 0 Å². The van der Waals surface area contributed by atoms with E-state index in [-0.39, 0.29) is 0 Å². The first-order valence-electron chi connectivity index (χ1n) is 6.71. The quantitative estimate of drug-likeness (QED) is 0.881. The lowest BCUT2D eigenvalue weighted by Crippen LogP contribution is -2.33. The van der Waals surface area contributed by atoms with Crippen molar-refractivity contribution in [1.82, 2.24) is 5.32 Å². The molecule has 1 fully saturated rings. The Kier molecular flexibility index (Phi) is 5.39. The van der Waals surface area contributed by atoms with Gasteiger partial charge in [0.25, 0.3) is 0 Å². The molecule has 1 aliphatic rings. The van der Waals surface area contributed by atoms with Gasteiger partial charge in [-0.3, -0.25) is 0 Å². The zero-order chi connectivity index (χ0) is 12.8. The Morgan fingerprint density at radius 1 is 1.22 bits per heavy atom. The van der Waals surface area contributed by atoms with Gasteiger partial charge in [-0.2, -0.15) is 11.8 Å². The summed E-state index contributed by atoms with van der Waals surface area (Å²) in [6, 6.07) is 8.94. The first kappa shape index (κ1) is 13.8. The van der Waals surface area contributed by atoms with Crippen molar-refractivity contribution in [2.75, 3.05) is 13.4 Å². The van der Waals surface area contributed by atoms with Gasteiger partial charge in [0.2, 0.25) is 0 Å². The summed E-state index contributed by atoms with van der Waals surface area (Å²) >= 11 is 2.02. The van der Waals surface area contributed by atoms with Crippen LogP contribution in [0.25, 0.3) is 0 Å². The van der Waals surface area contributed by atoms with Crippen LogP contribution in [0.3, 0.4) is 0 Å². The molecule has 1 N–H and O–H groups in total. The molecule has 0 heterocycles. The van der Waals surface area contributed by atoms with E-state index in [0.29, 0.717) is 6.04 Å². The molecule has 0 unspecified atom stereocenters. The number of rotatable bonds is 5. The van der Waals surface area contributed by atoms with Crippen LogP contribution in [-0.4, -0.2) is 24.7 Å². The SMILES string of the molecule is COc1ccccc1CNC1CCC(SC)CC1. The van der Waals surface area contributed by atoms with E-state index in [0.717, 1.165) is 17.5 Å². The normalized spacial score (nSPS) is 23.9. The Labute approximate surface area is 114 Å². The lowest BCUT2D eigenvalue weighted by Gasteiger charge is -2.28. The topological polar surface area (TPSA) is 21.3 Å². The van der Waals surface area contributed by atoms with Crippen LogP contribution in [0.5, 0.6) is 5.75 Å². The van der Waals surface area contributed by atoms with Crippen molar-refractivity contribution < 1.29 is 4.74 Å². The van der Waals surface area contributed by atoms with Gasteiger partial charge < -0.3 is 10.1 Å². The molecule has 2 rings (SSSR count). The molecule has 0 aromatic heterocycles. The van der Waals surface area contributed by atoms with Gasteiger partial charge in [0.05, 0.1) is 7.11 Å². The van der Waals surface area contributed by atoms with Gasteiger partial charge in [0.1, 0.15) is 5.75 Å². The molecule has 100 valence electrons. The summed E-state index contributed by atoms with van der Waals surface area (Å²) in [6.07, 6.45) is 7.55. The highest BCUT2D eigenvalue weighted by molar-refractivity contribution is 7.99. The Bertz CT molecular complexity index is 361. The Hall–Kier alpha value is -0.670. The molecule has 0 spiro atoms. The standard InChI is InChI=1S/C15H23NOS/c1-17-15-6-4-3-5-12(15)11-16-13-7-9-14(18-2)10-8-13/h3-6,13-14,16H,7-11H2,1-2H3. The lowest BCUT2D eigenvalue weighted by atomic mass is 9.95. The summed E-state index contributed by atoms with van der Waals surface area (Å²) in [4.78, 5) is 0. The van der Waals surface area contributed by atoms with E-state index < -0.39 is 0 Å². The third kappa shape index (κ3) is 3.66. The Morgan fingerprint density at radius 3 is 2.61 bits per heavy atom. The molecule has 0 bridgehead atoms. The molecule has 0 saturated heterocycles. The first-order chi connectivity index (χ1) is 8.83. The molecular weight excluding hydrogens is 242 g/mol. The van der Waals surface area contributed by atoms with E-state index in [2.05, 4.69) is 23.7 Å². The number of para-hydroxylation sites is 1. The fourth-order valence-electron chi connectivity index (χ4n) is 2.61. The summed E-state index contributed by atoms with van der Waals surface area (Å²) in [5.74, 6) is 0.989. The van der Waals surface area contributed by atoms with Gasteiger partial charge in [-0.05, 0) is 38.0 Å². The predicted molar refractivity (Wildman–Crippen MR) is 79.4 cm³/mol. The minimum Gasteiger partial charge on any atom is -0.496 e. The van der Waals surface area contributed by atoms with Gasteiger partial charge in [-0.1, -0.05) is 18.2 Å². The fourth-order valence-corrected chi connectivity index (χ4v) is 3.35. The van der Waals surface area contributed by atoms with Gasteiger partial charge in [-0.25, -0.2) is 0 Å². The van der Waals surface area contributed by atoms with Crippen molar-refractivity contribution in [1.29, 1.82) is 0 Å². The van der Waals surface area contributed by atoms with Crippen molar-refractivity contribution in [2.24, 2.45) is 0 Å². The van der Waals surface area contributed by atoms with E-state index >= 15 is 0 Å². The zero-order valence-electron chi connectivity index (χ0n) is 11.3. The van der Waals surface area contributed by atoms with Crippen LogP contribution in [-0.2, 0) is 6.54 Å². The second kappa shape index (κ2) is 7.05. The Morgan fingerprint density at radius 2 is 1.94 bits per heavy atom. The number of nitrogens with one attached hydrogen (secondary N) is 1. The average Bonchev–Trinajstić information content (AvgIpc) is 2.46. The van der Waals surface area contributed by atoms with Crippen LogP contribution in [0.15, 0.2) is 24.3 Å². The molecule has 1 aromatic carbocycles. The third-order valence-corrected chi connectivity index (χ3v) is 4.92. The number of methoxy groups -OCH3 is 1. The maximum Gasteiger partial charge on any atom is 0.123 e. The van der Waals surface area contributed by atoms with Crippen molar-refractivity contribution in [3.8, 4) is 5.75 Å². The molecule has 0 amide bonds. The molecule has 18 heavy (non-hydrogen) atoms. The van der Waals surface area contributed by atoms with Crippen molar-refractivity contribution in [3.05, 3.63) is 29.8 Å². The maximum absolute atomic E-state index is 5.38. The van der Waals surface area contributed by atoms with Crippen LogP contribution >= 0.6 is 11.8 Å². The van der Waals surface area contributed by atoms with Crippen molar-refractivity contribution in [3.63, 3.8) is 0 Å². The van der Waals surface area contributed by atoms with Gasteiger partial charge in [0, 0.05) is 23.4 Å². The van der Waals surface area contributed by atoms with E-state index in [1.807, 2.05) is 23.9 Å². The second-order valence-corrected chi connectivity index (χ2v) is 6.04. The summed E-state index contributed by atoms with van der Waals surface area (Å²) in [6.45, 7) is 0.915. The smallest absolute Gasteiger partial charge is 0.123 e. The minimum absolute atomic E-state index is 0.679. The minimum atomic E-state index is 0.679. The molecular formula is C15H23NOS. The fraction of sp³-hybridized carbons (Fsp3) is 0.600. The molecule has 1 aromatic rings. The summed E-state index contributed by atoms with van der Waals surface area (Å²) in [7, 11) is 1.74. The predicted octanol–water partition coefficient (Wildman–Crippen LogP) is 3.46. The maximum atomic E-state index is 5.38. The number of benzene rings is 1. The van der Waals surface area contributed by atoms with Crippen molar-refractivity contribution >= 4 is 11.8 Å². The van der Waals surface area contributed by atoms with Crippen LogP contribution in [0, 0.1) is 0 Å². The first-order valence-corrected chi connectivity index (χ1v) is 8.00. The molecule has 3 heteroatoms. The van der Waals surface area contributed by atoms with E-state index in [1.54, 1.807) is 7.11 Å². The average molecular weight is 265 g/mol. The zero-order valence-corrected chi connectivity index (χ0v) is 12.1. The molecule has 1 aliphatic carbocycles. The summed E-state index contributed by atoms with van der Waals surface area (Å²) < 4.78 is 5.38. The van der Waals surface area contributed by atoms with E-state index in [1.165, 1.54) is 31.2 Å². The highest BCUT2D eigenvalue weighted by atomic mass is 32.2. The van der Waals surface area contributed by atoms with Crippen LogP contribution in [0.2, 0.25) is 0 Å². The van der Waals surface area contributed by atoms with E-state index in [9.17, 15) is 0 Å². The number of ether oxygens (including phenoxy) is 1. The summed E-state index contributed by atoms with van der Waals surface area (Å²) in [5, 5.41) is 4.55. The molecule has 0 radical (unpaired) electrons. The van der Waals surface area contributed by atoms with Gasteiger partial charge >= 0.3 is 0 Å². The largest absolute Gasteiger partial charge is 0.496 e. The highest BCUT2D eigenvalue weighted by Crippen LogP contribution is 2.27. The number of hydrogen-bond acceptors (Lipinski definition) is 3. The molecule has 1 saturated carbocycles. The number of thioether (sulfide) groups is 1. The number of hydrogen-bond donors (Lipinski definition) is 1. The van der Waals surface area contributed by atoms with Crippen LogP contribution in [0.4, 0.5) is 0 Å². The lowest BCUT2D eigenvalue weighted by molar-refractivity contribution is 0.370. The van der Waals surface area contributed by atoms with Crippen LogP contribution in [0.1, 0.15) is 31.2 Å². The van der Waals surface area contributed by atoms with Crippen molar-refractivity contribution in [2.45, 2.75) is 43.5 Å².